The Hall–Kier alpha value is -1.69. The maximum atomic E-state index is 5.66. The van der Waals surface area contributed by atoms with E-state index in [-0.39, 0.29) is 5.95 Å². The first kappa shape index (κ1) is 11.8. The van der Waals surface area contributed by atoms with Crippen molar-refractivity contribution < 1.29 is 4.42 Å². The van der Waals surface area contributed by atoms with Gasteiger partial charge in [-0.25, -0.2) is 4.98 Å². The van der Waals surface area contributed by atoms with Gasteiger partial charge in [0, 0.05) is 12.6 Å². The molecule has 0 saturated heterocycles. The van der Waals surface area contributed by atoms with E-state index in [1.807, 2.05) is 26.0 Å². The SMILES string of the molecule is CCNc1cc(Sc2ccoc2C)nc(N)n1. The Morgan fingerprint density at radius 2 is 2.29 bits per heavy atom. The van der Waals surface area contributed by atoms with Gasteiger partial charge in [-0.3, -0.25) is 0 Å². The van der Waals surface area contributed by atoms with Crippen molar-refractivity contribution in [1.82, 2.24) is 9.97 Å². The molecule has 0 aliphatic carbocycles. The molecule has 2 heterocycles. The number of aryl methyl sites for hydroxylation is 1. The fraction of sp³-hybridized carbons (Fsp3) is 0.273. The molecule has 0 radical (unpaired) electrons. The van der Waals surface area contributed by atoms with Gasteiger partial charge in [-0.2, -0.15) is 4.98 Å². The molecule has 5 nitrogen and oxygen atoms in total. The van der Waals surface area contributed by atoms with E-state index in [1.165, 1.54) is 11.8 Å². The van der Waals surface area contributed by atoms with Crippen molar-refractivity contribution in [3.8, 4) is 0 Å². The lowest BCUT2D eigenvalue weighted by Crippen LogP contribution is -2.03. The number of nitrogen functional groups attached to an aromatic ring is 1. The Morgan fingerprint density at radius 1 is 1.47 bits per heavy atom. The minimum atomic E-state index is 0.270. The summed E-state index contributed by atoms with van der Waals surface area (Å²) in [6, 6.07) is 3.78. The lowest BCUT2D eigenvalue weighted by molar-refractivity contribution is 0.527. The van der Waals surface area contributed by atoms with E-state index >= 15 is 0 Å². The van der Waals surface area contributed by atoms with Crippen molar-refractivity contribution in [3.63, 3.8) is 0 Å². The largest absolute Gasteiger partial charge is 0.468 e. The Morgan fingerprint density at radius 3 is 2.94 bits per heavy atom. The Kier molecular flexibility index (Phi) is 3.53. The van der Waals surface area contributed by atoms with Crippen molar-refractivity contribution in [1.29, 1.82) is 0 Å². The third-order valence-electron chi connectivity index (χ3n) is 2.10. The molecule has 0 aliphatic rings. The number of hydrogen-bond donors (Lipinski definition) is 2. The predicted molar refractivity (Wildman–Crippen MR) is 68.2 cm³/mol. The molecule has 6 heteroatoms. The van der Waals surface area contributed by atoms with Crippen LogP contribution in [0.3, 0.4) is 0 Å². The molecule has 0 saturated carbocycles. The summed E-state index contributed by atoms with van der Waals surface area (Å²) in [6.45, 7) is 4.72. The van der Waals surface area contributed by atoms with E-state index in [0.29, 0.717) is 0 Å². The average molecular weight is 250 g/mol. The standard InChI is InChI=1S/C11H14N4OS/c1-3-13-9-6-10(15-11(12)14-9)17-8-4-5-16-7(8)2/h4-6H,3H2,1-2H3,(H3,12,13,14,15). The molecule has 0 unspecified atom stereocenters. The summed E-state index contributed by atoms with van der Waals surface area (Å²) in [5.41, 5.74) is 5.66. The summed E-state index contributed by atoms with van der Waals surface area (Å²) in [7, 11) is 0. The lowest BCUT2D eigenvalue weighted by Gasteiger charge is -2.05. The van der Waals surface area contributed by atoms with Gasteiger partial charge >= 0.3 is 0 Å². The summed E-state index contributed by atoms with van der Waals surface area (Å²) in [5, 5.41) is 3.92. The molecule has 0 aromatic carbocycles. The molecule has 0 aliphatic heterocycles. The molecule has 3 N–H and O–H groups in total. The van der Waals surface area contributed by atoms with Crippen molar-refractivity contribution >= 4 is 23.5 Å². The lowest BCUT2D eigenvalue weighted by atomic mass is 10.5. The molecule has 2 aromatic rings. The number of nitrogens with zero attached hydrogens (tertiary/aromatic N) is 2. The van der Waals surface area contributed by atoms with Gasteiger partial charge in [-0.05, 0) is 19.9 Å². The van der Waals surface area contributed by atoms with E-state index in [9.17, 15) is 0 Å². The minimum Gasteiger partial charge on any atom is -0.468 e. The van der Waals surface area contributed by atoms with Crippen LogP contribution in [0.5, 0.6) is 0 Å². The zero-order valence-electron chi connectivity index (χ0n) is 9.73. The summed E-state index contributed by atoms with van der Waals surface area (Å²) in [6.07, 6.45) is 1.66. The highest BCUT2D eigenvalue weighted by Gasteiger charge is 2.07. The molecular formula is C11H14N4OS. The molecule has 0 amide bonds. The van der Waals surface area contributed by atoms with Crippen molar-refractivity contribution in [2.45, 2.75) is 23.8 Å². The number of nitrogens with one attached hydrogen (secondary N) is 1. The monoisotopic (exact) mass is 250 g/mol. The zero-order chi connectivity index (χ0) is 12.3. The van der Waals surface area contributed by atoms with Crippen LogP contribution in [-0.4, -0.2) is 16.5 Å². The first-order valence-corrected chi connectivity index (χ1v) is 6.11. The number of aromatic nitrogens is 2. The van der Waals surface area contributed by atoms with Gasteiger partial charge in [0.15, 0.2) is 0 Å². The number of hydrogen-bond acceptors (Lipinski definition) is 6. The number of furan rings is 1. The second-order valence-electron chi connectivity index (χ2n) is 3.42. The number of anilines is 2. The second kappa shape index (κ2) is 5.09. The van der Waals surface area contributed by atoms with Crippen molar-refractivity contribution in [2.24, 2.45) is 0 Å². The van der Waals surface area contributed by atoms with Gasteiger partial charge in [-0.15, -0.1) is 0 Å². The maximum Gasteiger partial charge on any atom is 0.223 e. The summed E-state index contributed by atoms with van der Waals surface area (Å²) >= 11 is 1.51. The molecule has 0 fully saturated rings. The maximum absolute atomic E-state index is 5.66. The fourth-order valence-corrected chi connectivity index (χ4v) is 2.21. The van der Waals surface area contributed by atoms with Gasteiger partial charge in [-0.1, -0.05) is 11.8 Å². The van der Waals surface area contributed by atoms with Crippen LogP contribution < -0.4 is 11.1 Å². The fourth-order valence-electron chi connectivity index (χ4n) is 1.36. The molecule has 0 bridgehead atoms. The van der Waals surface area contributed by atoms with Crippen LogP contribution in [0.25, 0.3) is 0 Å². The first-order valence-electron chi connectivity index (χ1n) is 5.29. The first-order chi connectivity index (χ1) is 8.19. The summed E-state index contributed by atoms with van der Waals surface area (Å²) in [4.78, 5) is 9.31. The Bertz CT molecular complexity index is 512. The highest BCUT2D eigenvalue weighted by atomic mass is 32.2. The van der Waals surface area contributed by atoms with Crippen molar-refractivity contribution in [2.75, 3.05) is 17.6 Å². The average Bonchev–Trinajstić information content (AvgIpc) is 2.64. The number of nitrogens with two attached hydrogens (primary N) is 1. The van der Waals surface area contributed by atoms with E-state index in [4.69, 9.17) is 10.2 Å². The van der Waals surface area contributed by atoms with Crippen molar-refractivity contribution in [3.05, 3.63) is 24.2 Å². The zero-order valence-corrected chi connectivity index (χ0v) is 10.5. The number of rotatable bonds is 4. The van der Waals surface area contributed by atoms with Crippen LogP contribution in [0.15, 0.2) is 32.7 Å². The van der Waals surface area contributed by atoms with Crippen LogP contribution in [0.4, 0.5) is 11.8 Å². The molecule has 0 spiro atoms. The van der Waals surface area contributed by atoms with Gasteiger partial charge in [0.25, 0.3) is 0 Å². The van der Waals surface area contributed by atoms with E-state index in [2.05, 4.69) is 15.3 Å². The summed E-state index contributed by atoms with van der Waals surface area (Å²) in [5.74, 6) is 1.88. The third-order valence-corrected chi connectivity index (χ3v) is 3.17. The van der Waals surface area contributed by atoms with Crippen LogP contribution in [0, 0.1) is 6.92 Å². The van der Waals surface area contributed by atoms with Crippen LogP contribution >= 0.6 is 11.8 Å². The predicted octanol–water partition coefficient (Wildman–Crippen LogP) is 2.54. The van der Waals surface area contributed by atoms with E-state index in [0.717, 1.165) is 28.0 Å². The normalized spacial score (nSPS) is 10.5. The molecule has 90 valence electrons. The van der Waals surface area contributed by atoms with Gasteiger partial charge < -0.3 is 15.5 Å². The molecule has 0 atom stereocenters. The Labute approximate surface area is 104 Å². The quantitative estimate of drug-likeness (QED) is 0.812. The van der Waals surface area contributed by atoms with Crippen LogP contribution in [0.2, 0.25) is 0 Å². The smallest absolute Gasteiger partial charge is 0.223 e. The summed E-state index contributed by atoms with van der Waals surface area (Å²) < 4.78 is 5.23. The Balaban J connectivity index is 2.23. The topological polar surface area (TPSA) is 77.0 Å². The minimum absolute atomic E-state index is 0.270. The molecule has 2 aromatic heterocycles. The second-order valence-corrected chi connectivity index (χ2v) is 4.49. The van der Waals surface area contributed by atoms with Crippen LogP contribution in [0.1, 0.15) is 12.7 Å². The molecular weight excluding hydrogens is 236 g/mol. The third kappa shape index (κ3) is 2.91. The van der Waals surface area contributed by atoms with E-state index in [1.54, 1.807) is 6.26 Å². The highest BCUT2D eigenvalue weighted by molar-refractivity contribution is 7.99. The van der Waals surface area contributed by atoms with Gasteiger partial charge in [0.05, 0.1) is 11.2 Å². The highest BCUT2D eigenvalue weighted by Crippen LogP contribution is 2.30. The molecule has 17 heavy (non-hydrogen) atoms. The van der Waals surface area contributed by atoms with Gasteiger partial charge in [0.1, 0.15) is 16.6 Å². The van der Waals surface area contributed by atoms with Crippen LogP contribution in [-0.2, 0) is 0 Å². The van der Waals surface area contributed by atoms with Gasteiger partial charge in [0.2, 0.25) is 5.95 Å². The molecule has 2 rings (SSSR count). The van der Waals surface area contributed by atoms with E-state index < -0.39 is 0 Å².